The van der Waals surface area contributed by atoms with Crippen molar-refractivity contribution in [3.8, 4) is 0 Å². The molecule has 0 nitrogen and oxygen atoms in total. The maximum absolute atomic E-state index is 2.85. The van der Waals surface area contributed by atoms with Crippen molar-refractivity contribution in [2.45, 2.75) is 19.8 Å². The molecule has 3 aromatic carbocycles. The van der Waals surface area contributed by atoms with E-state index in [1.165, 1.54) is 15.9 Å². The topological polar surface area (TPSA) is 0 Å². The molecule has 0 amide bonds. The molecule has 0 saturated carbocycles. The zero-order chi connectivity index (χ0) is 18.3. The Balaban J connectivity index is 2.29. The molecule has 0 heterocycles. The Morgan fingerprint density at radius 1 is 0.654 bits per heavy atom. The van der Waals surface area contributed by atoms with E-state index in [9.17, 15) is 0 Å². The first-order valence-corrected chi connectivity index (χ1v) is 14.5. The fraction of sp³-hybridized carbons (Fsp3) is 0.167. The van der Waals surface area contributed by atoms with Gasteiger partial charge in [-0.05, 0) is 0 Å². The van der Waals surface area contributed by atoms with Gasteiger partial charge in [-0.25, -0.2) is 0 Å². The first kappa shape index (κ1) is 19.3. The van der Waals surface area contributed by atoms with E-state index in [1.807, 2.05) is 0 Å². The summed E-state index contributed by atoms with van der Waals surface area (Å²) in [4.78, 5) is 0. The van der Waals surface area contributed by atoms with Crippen LogP contribution in [-0.4, -0.2) is 6.16 Å². The van der Waals surface area contributed by atoms with Crippen molar-refractivity contribution in [2.75, 3.05) is 6.16 Å². The molecule has 0 aliphatic heterocycles. The minimum absolute atomic E-state index is 1.09. The van der Waals surface area contributed by atoms with Crippen molar-refractivity contribution in [2.24, 2.45) is 0 Å². The molecule has 0 unspecified atom stereocenters. The molecule has 26 heavy (non-hydrogen) atoms. The van der Waals surface area contributed by atoms with Gasteiger partial charge in [-0.2, -0.15) is 0 Å². The van der Waals surface area contributed by atoms with Crippen LogP contribution in [0.5, 0.6) is 0 Å². The summed E-state index contributed by atoms with van der Waals surface area (Å²) < 4.78 is -2.57. The monoisotopic (exact) mass is 472 g/mol. The summed E-state index contributed by atoms with van der Waals surface area (Å²) in [6.07, 6.45) is 7.97. The van der Waals surface area contributed by atoms with Gasteiger partial charge in [0.1, 0.15) is 0 Å². The van der Waals surface area contributed by atoms with Gasteiger partial charge in [0, 0.05) is 0 Å². The quantitative estimate of drug-likeness (QED) is 0.218. The summed E-state index contributed by atoms with van der Waals surface area (Å²) in [6, 6.07) is 33.4. The van der Waals surface area contributed by atoms with E-state index in [0.29, 0.717) is 0 Å². The third-order valence-electron chi connectivity index (χ3n) is 5.00. The normalized spacial score (nSPS) is 13.4. The van der Waals surface area contributed by atoms with Gasteiger partial charge in [0.2, 0.25) is 0 Å². The van der Waals surface area contributed by atoms with Crippen molar-refractivity contribution >= 4 is 42.2 Å². The number of halogens is 1. The first-order chi connectivity index (χ1) is 12.7. The van der Waals surface area contributed by atoms with Crippen LogP contribution in [-0.2, 0) is 0 Å². The van der Waals surface area contributed by atoms with Gasteiger partial charge in [-0.15, -0.1) is 0 Å². The van der Waals surface area contributed by atoms with Crippen LogP contribution in [0.4, 0.5) is 0 Å². The zero-order valence-corrected chi connectivity index (χ0v) is 18.3. The predicted octanol–water partition coefficient (Wildman–Crippen LogP) is 6.22. The van der Waals surface area contributed by atoms with Gasteiger partial charge in [-0.3, -0.25) is 0 Å². The Hall–Kier alpha value is -1.44. The summed E-state index contributed by atoms with van der Waals surface area (Å²) in [6.45, 7) is 2.20. The molecule has 0 fully saturated rings. The van der Waals surface area contributed by atoms with Crippen molar-refractivity contribution in [1.29, 1.82) is 0 Å². The molecule has 0 atom stereocenters. The van der Waals surface area contributed by atoms with E-state index in [2.05, 4.69) is 132 Å². The van der Waals surface area contributed by atoms with Gasteiger partial charge in [0.05, 0.1) is 0 Å². The molecule has 0 aliphatic rings. The SMILES string of the molecule is CC/C=C\CCP(I)(c1ccccc1)(c1ccccc1)c1ccccc1. The Labute approximate surface area is 170 Å². The molecule has 3 aromatic rings. The molecular formula is C24H26IP. The van der Waals surface area contributed by atoms with Gasteiger partial charge < -0.3 is 0 Å². The Bertz CT molecular complexity index is 742. The van der Waals surface area contributed by atoms with E-state index < -0.39 is 4.25 Å². The van der Waals surface area contributed by atoms with Crippen molar-refractivity contribution in [3.63, 3.8) is 0 Å². The molecule has 0 N–H and O–H groups in total. The fourth-order valence-electron chi connectivity index (χ4n) is 3.65. The van der Waals surface area contributed by atoms with E-state index in [0.717, 1.165) is 19.0 Å². The molecule has 0 aliphatic carbocycles. The standard InChI is InChI=1S/C24H26IP/c1-2-3-4-14-21-26(25,22-15-8-5-9-16-22,23-17-10-6-11-18-23)24-19-12-7-13-20-24/h3-13,15-20H,2,14,21H2,1H3/b4-3-. The average molecular weight is 472 g/mol. The zero-order valence-electron chi connectivity index (χ0n) is 15.3. The van der Waals surface area contributed by atoms with E-state index in [1.54, 1.807) is 0 Å². The molecule has 0 saturated heterocycles. The molecule has 2 heteroatoms. The van der Waals surface area contributed by atoms with Gasteiger partial charge in [-0.1, -0.05) is 0 Å². The van der Waals surface area contributed by atoms with Crippen molar-refractivity contribution in [3.05, 3.63) is 103 Å². The maximum atomic E-state index is 2.85. The van der Waals surface area contributed by atoms with Gasteiger partial charge in [0.15, 0.2) is 0 Å². The summed E-state index contributed by atoms with van der Waals surface area (Å²) in [5, 5.41) is 4.38. The fourth-order valence-corrected chi connectivity index (χ4v) is 12.1. The minimum atomic E-state index is -2.57. The van der Waals surface area contributed by atoms with Crippen LogP contribution < -0.4 is 15.9 Å². The third-order valence-corrected chi connectivity index (χ3v) is 16.7. The number of allylic oxidation sites excluding steroid dienone is 2. The third kappa shape index (κ3) is 3.52. The van der Waals surface area contributed by atoms with Crippen LogP contribution in [0.15, 0.2) is 103 Å². The predicted molar refractivity (Wildman–Crippen MR) is 128 cm³/mol. The average Bonchev–Trinajstić information content (AvgIpc) is 2.73. The summed E-state index contributed by atoms with van der Waals surface area (Å²) in [5.74, 6) is 0. The second kappa shape index (κ2) is 8.50. The molecule has 134 valence electrons. The summed E-state index contributed by atoms with van der Waals surface area (Å²) in [5.41, 5.74) is 0. The van der Waals surface area contributed by atoms with Crippen LogP contribution in [0, 0.1) is 0 Å². The van der Waals surface area contributed by atoms with E-state index >= 15 is 0 Å². The number of hydrogen-bond acceptors (Lipinski definition) is 0. The van der Waals surface area contributed by atoms with Crippen LogP contribution in [0.2, 0.25) is 0 Å². The number of rotatable bonds is 7. The Kier molecular flexibility index (Phi) is 6.32. The number of benzene rings is 3. The van der Waals surface area contributed by atoms with E-state index in [4.69, 9.17) is 0 Å². The molecule has 0 bridgehead atoms. The van der Waals surface area contributed by atoms with Crippen molar-refractivity contribution in [1.82, 2.24) is 0 Å². The first-order valence-electron chi connectivity index (χ1n) is 9.25. The molecule has 0 radical (unpaired) electrons. The molecule has 3 rings (SSSR count). The van der Waals surface area contributed by atoms with Crippen LogP contribution in [0.25, 0.3) is 0 Å². The van der Waals surface area contributed by atoms with Gasteiger partial charge in [0.25, 0.3) is 0 Å². The molecule has 0 spiro atoms. The van der Waals surface area contributed by atoms with Crippen LogP contribution in [0.3, 0.4) is 0 Å². The summed E-state index contributed by atoms with van der Waals surface area (Å²) in [7, 11) is 0. The van der Waals surface area contributed by atoms with Crippen LogP contribution in [0.1, 0.15) is 19.8 Å². The molecular weight excluding hydrogens is 446 g/mol. The Morgan fingerprint density at radius 2 is 1.04 bits per heavy atom. The molecule has 0 aromatic heterocycles. The second-order valence-corrected chi connectivity index (χ2v) is 17.3. The Morgan fingerprint density at radius 3 is 1.38 bits per heavy atom. The van der Waals surface area contributed by atoms with Gasteiger partial charge >= 0.3 is 171 Å². The summed E-state index contributed by atoms with van der Waals surface area (Å²) >= 11 is 2.85. The van der Waals surface area contributed by atoms with Crippen LogP contribution >= 0.6 is 26.3 Å². The second-order valence-electron chi connectivity index (χ2n) is 6.58. The van der Waals surface area contributed by atoms with E-state index in [-0.39, 0.29) is 0 Å². The van der Waals surface area contributed by atoms with Crippen molar-refractivity contribution < 1.29 is 0 Å². The number of hydrogen-bond donors (Lipinski definition) is 0.